The summed E-state index contributed by atoms with van der Waals surface area (Å²) in [6.07, 6.45) is 1.04. The van der Waals surface area contributed by atoms with Crippen molar-refractivity contribution >= 4 is 0 Å². The molecule has 0 bridgehead atoms. The highest BCUT2D eigenvalue weighted by Gasteiger charge is 2.30. The van der Waals surface area contributed by atoms with Crippen molar-refractivity contribution in [1.29, 1.82) is 0 Å². The number of benzene rings is 1. The number of hydrogen-bond acceptors (Lipinski definition) is 4. The molecule has 0 aromatic heterocycles. The van der Waals surface area contributed by atoms with Crippen LogP contribution in [0, 0.1) is 5.92 Å². The molecule has 2 aliphatic heterocycles. The third-order valence-electron chi connectivity index (χ3n) is 4.89. The predicted octanol–water partition coefficient (Wildman–Crippen LogP) is 1.50. The van der Waals surface area contributed by atoms with Crippen molar-refractivity contribution in [2.45, 2.75) is 19.4 Å². The Balaban J connectivity index is 1.68. The van der Waals surface area contributed by atoms with Crippen LogP contribution in [0.25, 0.3) is 0 Å². The number of aryl methyl sites for hydroxylation is 1. The predicted molar refractivity (Wildman–Crippen MR) is 85.7 cm³/mol. The molecule has 1 aromatic rings. The quantitative estimate of drug-likeness (QED) is 0.916. The van der Waals surface area contributed by atoms with Gasteiger partial charge in [0.05, 0.1) is 6.61 Å². The van der Waals surface area contributed by atoms with Gasteiger partial charge in [-0.15, -0.1) is 0 Å². The van der Waals surface area contributed by atoms with Crippen molar-refractivity contribution in [3.8, 4) is 5.75 Å². The molecule has 0 amide bonds. The van der Waals surface area contributed by atoms with Gasteiger partial charge in [0.15, 0.2) is 0 Å². The fraction of sp³-hybridized carbons (Fsp3) is 0.647. The first kappa shape index (κ1) is 14.8. The highest BCUT2D eigenvalue weighted by atomic mass is 16.5. The monoisotopic (exact) mass is 289 g/mol. The van der Waals surface area contributed by atoms with Gasteiger partial charge in [-0.2, -0.15) is 0 Å². The number of nitrogens with zero attached hydrogens (tertiary/aromatic N) is 2. The third-order valence-corrected chi connectivity index (χ3v) is 4.89. The molecule has 2 unspecified atom stereocenters. The molecule has 1 fully saturated rings. The lowest BCUT2D eigenvalue weighted by Gasteiger charge is -2.38. The van der Waals surface area contributed by atoms with Crippen molar-refractivity contribution in [2.75, 3.05) is 46.4 Å². The van der Waals surface area contributed by atoms with Crippen LogP contribution in [-0.4, -0.2) is 56.2 Å². The Labute approximate surface area is 127 Å². The van der Waals surface area contributed by atoms with Crippen molar-refractivity contribution < 1.29 is 4.74 Å². The summed E-state index contributed by atoms with van der Waals surface area (Å²) in [5.41, 5.74) is 9.08. The summed E-state index contributed by atoms with van der Waals surface area (Å²) < 4.78 is 5.95. The van der Waals surface area contributed by atoms with Gasteiger partial charge in [-0.3, -0.25) is 0 Å². The van der Waals surface area contributed by atoms with E-state index in [1.54, 1.807) is 0 Å². The maximum Gasteiger partial charge on any atom is 0.124 e. The molecule has 3 rings (SSSR count). The molecule has 0 radical (unpaired) electrons. The largest absolute Gasteiger partial charge is 0.493 e. The Kier molecular flexibility index (Phi) is 4.48. The maximum absolute atomic E-state index is 6.54. The fourth-order valence-electron chi connectivity index (χ4n) is 3.29. The van der Waals surface area contributed by atoms with E-state index in [0.29, 0.717) is 5.92 Å². The molecule has 0 spiro atoms. The number of likely N-dealkylation sites (N-methyl/N-ethyl adjacent to an activating group) is 1. The minimum atomic E-state index is 0.0971. The van der Waals surface area contributed by atoms with Crippen LogP contribution in [0.5, 0.6) is 5.75 Å². The van der Waals surface area contributed by atoms with Crippen LogP contribution in [0.1, 0.15) is 24.1 Å². The van der Waals surface area contributed by atoms with Gasteiger partial charge in [0.2, 0.25) is 0 Å². The van der Waals surface area contributed by atoms with Gasteiger partial charge in [0.25, 0.3) is 0 Å². The number of nitrogens with two attached hydrogens (primary N) is 1. The summed E-state index contributed by atoms with van der Waals surface area (Å²) in [7, 11) is 2.19. The smallest absolute Gasteiger partial charge is 0.124 e. The summed E-state index contributed by atoms with van der Waals surface area (Å²) in [6, 6.07) is 6.56. The molecule has 1 saturated heterocycles. The summed E-state index contributed by atoms with van der Waals surface area (Å²) in [6.45, 7) is 8.55. The van der Waals surface area contributed by atoms with Crippen molar-refractivity contribution in [3.05, 3.63) is 29.3 Å². The van der Waals surface area contributed by atoms with Gasteiger partial charge in [0.1, 0.15) is 5.75 Å². The summed E-state index contributed by atoms with van der Waals surface area (Å²) >= 11 is 0. The molecular formula is C17H27N3O. The molecule has 2 atom stereocenters. The van der Waals surface area contributed by atoms with Gasteiger partial charge in [-0.1, -0.05) is 19.1 Å². The molecular weight excluding hydrogens is 262 g/mol. The van der Waals surface area contributed by atoms with Gasteiger partial charge in [-0.05, 0) is 25.1 Å². The summed E-state index contributed by atoms with van der Waals surface area (Å²) in [5.74, 6) is 1.38. The summed E-state index contributed by atoms with van der Waals surface area (Å²) in [4.78, 5) is 4.92. The van der Waals surface area contributed by atoms with Crippen LogP contribution < -0.4 is 10.5 Å². The highest BCUT2D eigenvalue weighted by molar-refractivity contribution is 5.41. The molecule has 21 heavy (non-hydrogen) atoms. The first-order valence-corrected chi connectivity index (χ1v) is 8.09. The van der Waals surface area contributed by atoms with Gasteiger partial charge >= 0.3 is 0 Å². The standard InChI is InChI=1S/C17H27N3O/c1-3-13-4-5-16-15(10-13)17(18)14(12-21-16)11-20-8-6-19(2)7-9-20/h4-5,10,14,17H,3,6-9,11-12,18H2,1-2H3. The average Bonchev–Trinajstić information content (AvgIpc) is 2.52. The number of rotatable bonds is 3. The lowest BCUT2D eigenvalue weighted by molar-refractivity contribution is 0.0997. The van der Waals surface area contributed by atoms with E-state index in [-0.39, 0.29) is 6.04 Å². The lowest BCUT2D eigenvalue weighted by atomic mass is 9.89. The Hall–Kier alpha value is -1.10. The topological polar surface area (TPSA) is 41.7 Å². The number of piperazine rings is 1. The second-order valence-corrected chi connectivity index (χ2v) is 6.43. The normalized spacial score (nSPS) is 27.2. The lowest BCUT2D eigenvalue weighted by Crippen LogP contribution is -2.48. The van der Waals surface area contributed by atoms with Crippen LogP contribution >= 0.6 is 0 Å². The first-order valence-electron chi connectivity index (χ1n) is 8.09. The SMILES string of the molecule is CCc1ccc2c(c1)C(N)C(CN1CCN(C)CC1)CO2. The summed E-state index contributed by atoms with van der Waals surface area (Å²) in [5, 5.41) is 0. The highest BCUT2D eigenvalue weighted by Crippen LogP contribution is 2.35. The molecule has 2 heterocycles. The third kappa shape index (κ3) is 3.23. The van der Waals surface area contributed by atoms with Crippen LogP contribution in [0.2, 0.25) is 0 Å². The molecule has 2 aliphatic rings. The second-order valence-electron chi connectivity index (χ2n) is 6.43. The Bertz CT molecular complexity index is 483. The van der Waals surface area contributed by atoms with Crippen LogP contribution in [0.4, 0.5) is 0 Å². The number of fused-ring (bicyclic) bond motifs is 1. The van der Waals surface area contributed by atoms with E-state index in [9.17, 15) is 0 Å². The molecule has 4 nitrogen and oxygen atoms in total. The average molecular weight is 289 g/mol. The van der Waals surface area contributed by atoms with E-state index in [4.69, 9.17) is 10.5 Å². The molecule has 116 valence electrons. The Morgan fingerprint density at radius 3 is 2.71 bits per heavy atom. The minimum Gasteiger partial charge on any atom is -0.493 e. The Morgan fingerprint density at radius 1 is 1.24 bits per heavy atom. The minimum absolute atomic E-state index is 0.0971. The van der Waals surface area contributed by atoms with Gasteiger partial charge in [-0.25, -0.2) is 0 Å². The van der Waals surface area contributed by atoms with E-state index in [1.165, 1.54) is 11.1 Å². The molecule has 1 aromatic carbocycles. The molecule has 0 saturated carbocycles. The van der Waals surface area contributed by atoms with Crippen molar-refractivity contribution in [2.24, 2.45) is 11.7 Å². The molecule has 2 N–H and O–H groups in total. The maximum atomic E-state index is 6.54. The molecule has 4 heteroatoms. The van der Waals surface area contributed by atoms with E-state index < -0.39 is 0 Å². The van der Waals surface area contributed by atoms with Crippen LogP contribution in [0.3, 0.4) is 0 Å². The zero-order valence-electron chi connectivity index (χ0n) is 13.2. The van der Waals surface area contributed by atoms with Crippen molar-refractivity contribution in [1.82, 2.24) is 9.80 Å². The van der Waals surface area contributed by atoms with E-state index in [2.05, 4.69) is 42.0 Å². The van der Waals surface area contributed by atoms with Crippen molar-refractivity contribution in [3.63, 3.8) is 0 Å². The van der Waals surface area contributed by atoms with Crippen LogP contribution in [0.15, 0.2) is 18.2 Å². The zero-order valence-corrected chi connectivity index (χ0v) is 13.2. The first-order chi connectivity index (χ1) is 10.2. The van der Waals surface area contributed by atoms with E-state index in [1.807, 2.05) is 0 Å². The van der Waals surface area contributed by atoms with E-state index >= 15 is 0 Å². The van der Waals surface area contributed by atoms with Gasteiger partial charge < -0.3 is 20.3 Å². The Morgan fingerprint density at radius 2 is 2.00 bits per heavy atom. The second kappa shape index (κ2) is 6.34. The van der Waals surface area contributed by atoms with Crippen LogP contribution in [-0.2, 0) is 6.42 Å². The van der Waals surface area contributed by atoms with E-state index in [0.717, 1.165) is 51.5 Å². The number of ether oxygens (including phenoxy) is 1. The van der Waals surface area contributed by atoms with Gasteiger partial charge in [0, 0.05) is 50.2 Å². The fourth-order valence-corrected chi connectivity index (χ4v) is 3.29. The molecule has 0 aliphatic carbocycles. The number of hydrogen-bond donors (Lipinski definition) is 1. The zero-order chi connectivity index (χ0) is 14.8.